The topological polar surface area (TPSA) is 95.5 Å². The molecule has 2 heterocycles. The number of phenols is 1. The Balaban J connectivity index is 1.54. The molecule has 7 heteroatoms. The molecule has 2 aromatic carbocycles. The standard InChI is InChI=1S/C24H25N3O4/c1-16-12-18(8-9-22(16)28)21-14-20(25-24(30)26-21)17-6-5-7-19(13-17)31-15-23(29)27-10-3-2-4-11-27/h5-9,12-14,28H,2-4,10-11,15H2,1H3,(H,25,26,30). The molecular weight excluding hydrogens is 394 g/mol. The van der Waals surface area contributed by atoms with E-state index in [1.807, 2.05) is 17.0 Å². The number of carbonyl (C=O) groups is 1. The van der Waals surface area contributed by atoms with Gasteiger partial charge in [0.25, 0.3) is 5.91 Å². The van der Waals surface area contributed by atoms with Crippen LogP contribution in [0.1, 0.15) is 24.8 Å². The molecule has 1 aliphatic heterocycles. The van der Waals surface area contributed by atoms with Crippen molar-refractivity contribution in [1.82, 2.24) is 14.9 Å². The number of nitrogens with one attached hydrogen (secondary N) is 1. The molecule has 0 aliphatic carbocycles. The van der Waals surface area contributed by atoms with Crippen LogP contribution >= 0.6 is 0 Å². The van der Waals surface area contributed by atoms with Gasteiger partial charge in [0.05, 0.1) is 11.4 Å². The van der Waals surface area contributed by atoms with Gasteiger partial charge in [0.1, 0.15) is 11.5 Å². The number of aromatic amines is 1. The summed E-state index contributed by atoms with van der Waals surface area (Å²) < 4.78 is 5.72. The molecule has 0 radical (unpaired) electrons. The number of aromatic hydroxyl groups is 1. The van der Waals surface area contributed by atoms with Crippen LogP contribution in [0.25, 0.3) is 22.5 Å². The Labute approximate surface area is 180 Å². The van der Waals surface area contributed by atoms with Crippen molar-refractivity contribution in [3.63, 3.8) is 0 Å². The van der Waals surface area contributed by atoms with Crippen LogP contribution in [0.4, 0.5) is 0 Å². The summed E-state index contributed by atoms with van der Waals surface area (Å²) in [5, 5.41) is 9.76. The number of benzene rings is 2. The summed E-state index contributed by atoms with van der Waals surface area (Å²) in [4.78, 5) is 33.2. The number of rotatable bonds is 5. The van der Waals surface area contributed by atoms with E-state index in [1.165, 1.54) is 6.42 Å². The highest BCUT2D eigenvalue weighted by atomic mass is 16.5. The number of H-pyrrole nitrogens is 1. The predicted molar refractivity (Wildman–Crippen MR) is 118 cm³/mol. The zero-order chi connectivity index (χ0) is 21.8. The van der Waals surface area contributed by atoms with Crippen molar-refractivity contribution in [3.8, 4) is 34.0 Å². The third-order valence-electron chi connectivity index (χ3n) is 5.45. The molecule has 4 rings (SSSR count). The van der Waals surface area contributed by atoms with Gasteiger partial charge < -0.3 is 19.7 Å². The van der Waals surface area contributed by atoms with Crippen molar-refractivity contribution in [2.75, 3.05) is 19.7 Å². The molecule has 0 bridgehead atoms. The molecule has 1 amide bonds. The lowest BCUT2D eigenvalue weighted by molar-refractivity contribution is -0.134. The number of phenolic OH excluding ortho intramolecular Hbond substituents is 1. The minimum absolute atomic E-state index is 0.00963. The summed E-state index contributed by atoms with van der Waals surface area (Å²) in [7, 11) is 0. The molecule has 1 aromatic heterocycles. The Morgan fingerprint density at radius 2 is 1.90 bits per heavy atom. The van der Waals surface area contributed by atoms with Crippen molar-refractivity contribution in [3.05, 3.63) is 64.6 Å². The van der Waals surface area contributed by atoms with Gasteiger partial charge in [-0.2, -0.15) is 4.98 Å². The maximum absolute atomic E-state index is 12.3. The Kier molecular flexibility index (Phi) is 6.02. The molecule has 0 saturated carbocycles. The first-order chi connectivity index (χ1) is 15.0. The van der Waals surface area contributed by atoms with E-state index < -0.39 is 5.69 Å². The average Bonchev–Trinajstić information content (AvgIpc) is 2.79. The van der Waals surface area contributed by atoms with Crippen LogP contribution in [0.2, 0.25) is 0 Å². The number of piperidine rings is 1. The Morgan fingerprint density at radius 3 is 2.68 bits per heavy atom. The summed E-state index contributed by atoms with van der Waals surface area (Å²) >= 11 is 0. The summed E-state index contributed by atoms with van der Waals surface area (Å²) in [6.45, 7) is 3.37. The van der Waals surface area contributed by atoms with Crippen LogP contribution in [0, 0.1) is 6.92 Å². The van der Waals surface area contributed by atoms with Crippen molar-refractivity contribution < 1.29 is 14.6 Å². The summed E-state index contributed by atoms with van der Waals surface area (Å²) in [6, 6.07) is 14.1. The van der Waals surface area contributed by atoms with Crippen molar-refractivity contribution in [2.45, 2.75) is 26.2 Å². The van der Waals surface area contributed by atoms with E-state index in [9.17, 15) is 14.7 Å². The Bertz CT molecular complexity index is 1150. The van der Waals surface area contributed by atoms with E-state index in [0.29, 0.717) is 28.3 Å². The first kappa shape index (κ1) is 20.7. The van der Waals surface area contributed by atoms with Crippen LogP contribution in [-0.2, 0) is 4.79 Å². The molecule has 0 unspecified atom stereocenters. The van der Waals surface area contributed by atoms with E-state index in [4.69, 9.17) is 4.74 Å². The Hall–Kier alpha value is -3.61. The smallest absolute Gasteiger partial charge is 0.345 e. The van der Waals surface area contributed by atoms with Crippen LogP contribution in [0.15, 0.2) is 53.3 Å². The molecule has 1 saturated heterocycles. The molecule has 0 spiro atoms. The van der Waals surface area contributed by atoms with Crippen molar-refractivity contribution in [2.24, 2.45) is 0 Å². The van der Waals surface area contributed by atoms with Gasteiger partial charge in [0.15, 0.2) is 6.61 Å². The van der Waals surface area contributed by atoms with Crippen LogP contribution in [0.5, 0.6) is 11.5 Å². The third kappa shape index (κ3) is 4.94. The molecule has 0 atom stereocenters. The summed E-state index contributed by atoms with van der Waals surface area (Å²) in [6.07, 6.45) is 3.25. The number of aryl methyl sites for hydroxylation is 1. The number of hydrogen-bond acceptors (Lipinski definition) is 5. The van der Waals surface area contributed by atoms with Gasteiger partial charge in [-0.3, -0.25) is 4.79 Å². The monoisotopic (exact) mass is 419 g/mol. The number of likely N-dealkylation sites (tertiary alicyclic amines) is 1. The van der Waals surface area contributed by atoms with Crippen LogP contribution < -0.4 is 10.4 Å². The number of amides is 1. The normalized spacial score (nSPS) is 13.8. The van der Waals surface area contributed by atoms with Gasteiger partial charge in [-0.15, -0.1) is 0 Å². The molecule has 160 valence electrons. The lowest BCUT2D eigenvalue weighted by atomic mass is 10.1. The van der Waals surface area contributed by atoms with Gasteiger partial charge in [-0.05, 0) is 73.7 Å². The van der Waals surface area contributed by atoms with E-state index in [2.05, 4.69) is 9.97 Å². The second kappa shape index (κ2) is 9.04. The van der Waals surface area contributed by atoms with Gasteiger partial charge in [-0.25, -0.2) is 4.79 Å². The van der Waals surface area contributed by atoms with Crippen molar-refractivity contribution in [1.29, 1.82) is 0 Å². The predicted octanol–water partition coefficient (Wildman–Crippen LogP) is 3.51. The number of nitrogens with zero attached hydrogens (tertiary/aromatic N) is 2. The summed E-state index contributed by atoms with van der Waals surface area (Å²) in [5.41, 5.74) is 2.83. The van der Waals surface area contributed by atoms with Crippen LogP contribution in [0.3, 0.4) is 0 Å². The fourth-order valence-electron chi connectivity index (χ4n) is 3.71. The largest absolute Gasteiger partial charge is 0.508 e. The van der Waals surface area contributed by atoms with Gasteiger partial charge in [0.2, 0.25) is 0 Å². The molecular formula is C24H25N3O4. The average molecular weight is 419 g/mol. The number of carbonyl (C=O) groups excluding carboxylic acids is 1. The maximum atomic E-state index is 12.3. The summed E-state index contributed by atoms with van der Waals surface area (Å²) in [5.74, 6) is 0.737. The fraction of sp³-hybridized carbons (Fsp3) is 0.292. The minimum Gasteiger partial charge on any atom is -0.508 e. The molecule has 3 aromatic rings. The SMILES string of the molecule is Cc1cc(-c2cc(-c3cccc(OCC(=O)N4CCCCC4)c3)nc(=O)[nH]2)ccc1O. The highest BCUT2D eigenvalue weighted by Crippen LogP contribution is 2.27. The molecule has 2 N–H and O–H groups in total. The number of hydrogen-bond donors (Lipinski definition) is 2. The first-order valence-corrected chi connectivity index (χ1v) is 10.4. The van der Waals surface area contributed by atoms with Crippen LogP contribution in [-0.4, -0.2) is 45.6 Å². The lowest BCUT2D eigenvalue weighted by Crippen LogP contribution is -2.38. The second-order valence-corrected chi connectivity index (χ2v) is 7.74. The lowest BCUT2D eigenvalue weighted by Gasteiger charge is -2.26. The van der Waals surface area contributed by atoms with Gasteiger partial charge >= 0.3 is 5.69 Å². The maximum Gasteiger partial charge on any atom is 0.345 e. The first-order valence-electron chi connectivity index (χ1n) is 10.4. The highest BCUT2D eigenvalue weighted by Gasteiger charge is 2.17. The van der Waals surface area contributed by atoms with E-state index in [1.54, 1.807) is 43.3 Å². The molecule has 1 aliphatic rings. The molecule has 7 nitrogen and oxygen atoms in total. The molecule has 1 fully saturated rings. The zero-order valence-corrected chi connectivity index (χ0v) is 17.4. The zero-order valence-electron chi connectivity index (χ0n) is 17.4. The van der Waals surface area contributed by atoms with E-state index in [-0.39, 0.29) is 18.3 Å². The Morgan fingerprint density at radius 1 is 1.10 bits per heavy atom. The minimum atomic E-state index is -0.468. The third-order valence-corrected chi connectivity index (χ3v) is 5.45. The van der Waals surface area contributed by atoms with Gasteiger partial charge in [-0.1, -0.05) is 12.1 Å². The van der Waals surface area contributed by atoms with Gasteiger partial charge in [0, 0.05) is 18.7 Å². The number of ether oxygens (including phenoxy) is 1. The fourth-order valence-corrected chi connectivity index (χ4v) is 3.71. The highest BCUT2D eigenvalue weighted by molar-refractivity contribution is 5.78. The van der Waals surface area contributed by atoms with E-state index in [0.717, 1.165) is 31.5 Å². The number of aromatic nitrogens is 2. The quantitative estimate of drug-likeness (QED) is 0.660. The molecule has 31 heavy (non-hydrogen) atoms. The second-order valence-electron chi connectivity index (χ2n) is 7.74. The van der Waals surface area contributed by atoms with E-state index >= 15 is 0 Å². The van der Waals surface area contributed by atoms with Crippen molar-refractivity contribution >= 4 is 5.91 Å².